The Bertz CT molecular complexity index is 1210. The van der Waals surface area contributed by atoms with E-state index in [0.717, 1.165) is 37.2 Å². The standard InChI is InChI=1S/C22H24N6O4/c29-9-6-23-22-27-16-10-17(28-7-2-1-3-8-28)15(11-20(16)32-22)26-21(30)19-5-4-18(31-19)14-12-24-25-13-14/h4-5,10-13,29H,1-3,6-9H2,(H,23,27)(H,24,25)(H,26,30). The van der Waals surface area contributed by atoms with Crippen molar-refractivity contribution >= 4 is 34.4 Å². The van der Waals surface area contributed by atoms with E-state index in [0.29, 0.717) is 35.1 Å². The van der Waals surface area contributed by atoms with Crippen molar-refractivity contribution in [3.8, 4) is 11.3 Å². The zero-order chi connectivity index (χ0) is 21.9. The van der Waals surface area contributed by atoms with Crippen LogP contribution in [0.1, 0.15) is 29.8 Å². The number of carbonyl (C=O) groups is 1. The van der Waals surface area contributed by atoms with Gasteiger partial charge in [-0.05, 0) is 37.5 Å². The molecule has 1 aliphatic rings. The van der Waals surface area contributed by atoms with Crippen molar-refractivity contribution in [1.29, 1.82) is 0 Å². The number of aliphatic hydroxyl groups is 1. The van der Waals surface area contributed by atoms with Crippen molar-refractivity contribution in [2.75, 3.05) is 41.8 Å². The van der Waals surface area contributed by atoms with Crippen molar-refractivity contribution in [2.45, 2.75) is 19.3 Å². The van der Waals surface area contributed by atoms with E-state index in [1.54, 1.807) is 30.6 Å². The number of hydrogen-bond donors (Lipinski definition) is 4. The fourth-order valence-corrected chi connectivity index (χ4v) is 3.88. The monoisotopic (exact) mass is 436 g/mol. The molecule has 0 saturated carbocycles. The molecule has 4 N–H and O–H groups in total. The van der Waals surface area contributed by atoms with Crippen molar-refractivity contribution in [3.05, 3.63) is 42.4 Å². The third-order valence-corrected chi connectivity index (χ3v) is 5.45. The summed E-state index contributed by atoms with van der Waals surface area (Å²) in [6.07, 6.45) is 6.73. The Balaban J connectivity index is 1.45. The smallest absolute Gasteiger partial charge is 0.295 e. The highest BCUT2D eigenvalue weighted by Gasteiger charge is 2.21. The fourth-order valence-electron chi connectivity index (χ4n) is 3.88. The zero-order valence-corrected chi connectivity index (χ0v) is 17.4. The van der Waals surface area contributed by atoms with Crippen LogP contribution in [-0.4, -0.2) is 52.4 Å². The molecular weight excluding hydrogens is 412 g/mol. The summed E-state index contributed by atoms with van der Waals surface area (Å²) < 4.78 is 11.5. The normalized spacial score (nSPS) is 14.1. The van der Waals surface area contributed by atoms with Crippen molar-refractivity contribution < 1.29 is 18.7 Å². The van der Waals surface area contributed by atoms with Crippen LogP contribution in [0.5, 0.6) is 0 Å². The number of oxazole rings is 1. The number of fused-ring (bicyclic) bond motifs is 1. The first kappa shape index (κ1) is 20.1. The summed E-state index contributed by atoms with van der Waals surface area (Å²) in [7, 11) is 0. The van der Waals surface area contributed by atoms with Crippen LogP contribution >= 0.6 is 0 Å². The first-order valence-electron chi connectivity index (χ1n) is 10.7. The number of aromatic amines is 1. The molecule has 0 radical (unpaired) electrons. The van der Waals surface area contributed by atoms with Crippen molar-refractivity contribution in [3.63, 3.8) is 0 Å². The molecule has 5 rings (SSSR count). The van der Waals surface area contributed by atoms with E-state index >= 15 is 0 Å². The topological polar surface area (TPSA) is 132 Å². The lowest BCUT2D eigenvalue weighted by Crippen LogP contribution is -2.30. The van der Waals surface area contributed by atoms with Crippen LogP contribution in [0.4, 0.5) is 17.4 Å². The summed E-state index contributed by atoms with van der Waals surface area (Å²) >= 11 is 0. The average molecular weight is 436 g/mol. The van der Waals surface area contributed by atoms with Crippen LogP contribution < -0.4 is 15.5 Å². The van der Waals surface area contributed by atoms with Gasteiger partial charge in [0.15, 0.2) is 11.3 Å². The van der Waals surface area contributed by atoms with Crippen LogP contribution in [0.15, 0.2) is 45.5 Å². The largest absolute Gasteiger partial charge is 0.451 e. The van der Waals surface area contributed by atoms with Crippen molar-refractivity contribution in [1.82, 2.24) is 15.2 Å². The highest BCUT2D eigenvalue weighted by atomic mass is 16.4. The summed E-state index contributed by atoms with van der Waals surface area (Å²) in [6, 6.07) is 7.43. The number of aliphatic hydroxyl groups excluding tert-OH is 1. The fraction of sp³-hybridized carbons (Fsp3) is 0.318. The summed E-state index contributed by atoms with van der Waals surface area (Å²) in [5.41, 5.74) is 3.53. The Kier molecular flexibility index (Phi) is 5.51. The van der Waals surface area contributed by atoms with Crippen LogP contribution in [-0.2, 0) is 0 Å². The van der Waals surface area contributed by atoms with Gasteiger partial charge in [-0.3, -0.25) is 9.89 Å². The van der Waals surface area contributed by atoms with E-state index in [4.69, 9.17) is 13.9 Å². The van der Waals surface area contributed by atoms with E-state index in [2.05, 4.69) is 30.7 Å². The average Bonchev–Trinajstić information content (AvgIpc) is 3.57. The maximum absolute atomic E-state index is 13.0. The van der Waals surface area contributed by atoms with Crippen LogP contribution in [0.3, 0.4) is 0 Å². The molecule has 0 unspecified atom stereocenters. The number of piperidine rings is 1. The Labute approximate surface area is 183 Å². The van der Waals surface area contributed by atoms with Crippen molar-refractivity contribution in [2.24, 2.45) is 0 Å². The van der Waals surface area contributed by atoms with E-state index in [-0.39, 0.29) is 18.3 Å². The predicted molar refractivity (Wildman–Crippen MR) is 120 cm³/mol. The number of amides is 1. The lowest BCUT2D eigenvalue weighted by atomic mass is 10.1. The lowest BCUT2D eigenvalue weighted by molar-refractivity contribution is 0.0997. The van der Waals surface area contributed by atoms with Gasteiger partial charge in [-0.2, -0.15) is 10.1 Å². The number of nitrogens with zero attached hydrogens (tertiary/aromatic N) is 3. The van der Waals surface area contributed by atoms with Gasteiger partial charge in [-0.25, -0.2) is 0 Å². The zero-order valence-electron chi connectivity index (χ0n) is 17.4. The minimum absolute atomic E-state index is 0.0248. The SMILES string of the molecule is O=C(Nc1cc2oc(NCCO)nc2cc1N1CCCCC1)c1ccc(-c2cn[nH]c2)o1. The van der Waals surface area contributed by atoms with Gasteiger partial charge in [-0.15, -0.1) is 0 Å². The Morgan fingerprint density at radius 3 is 2.84 bits per heavy atom. The van der Waals surface area contributed by atoms with Crippen LogP contribution in [0, 0.1) is 0 Å². The third-order valence-electron chi connectivity index (χ3n) is 5.45. The van der Waals surface area contributed by atoms with Gasteiger partial charge >= 0.3 is 0 Å². The molecule has 1 aromatic carbocycles. The van der Waals surface area contributed by atoms with Gasteiger partial charge in [0.05, 0.1) is 29.7 Å². The molecule has 0 atom stereocenters. The molecule has 0 bridgehead atoms. The molecule has 0 aliphatic carbocycles. The third kappa shape index (κ3) is 4.04. The molecular formula is C22H24N6O4. The number of carbonyl (C=O) groups excluding carboxylic acids is 1. The molecule has 32 heavy (non-hydrogen) atoms. The predicted octanol–water partition coefficient (Wildman–Crippen LogP) is 3.46. The molecule has 10 heteroatoms. The maximum Gasteiger partial charge on any atom is 0.295 e. The maximum atomic E-state index is 13.0. The van der Waals surface area contributed by atoms with Gasteiger partial charge in [0.25, 0.3) is 11.9 Å². The highest BCUT2D eigenvalue weighted by molar-refractivity contribution is 6.06. The molecule has 10 nitrogen and oxygen atoms in total. The molecule has 0 spiro atoms. The number of aromatic nitrogens is 3. The van der Waals surface area contributed by atoms with E-state index < -0.39 is 0 Å². The Hall–Kier alpha value is -3.79. The number of nitrogens with one attached hydrogen (secondary N) is 3. The highest BCUT2D eigenvalue weighted by Crippen LogP contribution is 2.35. The van der Waals surface area contributed by atoms with E-state index in [1.165, 1.54) is 6.42 Å². The molecule has 1 amide bonds. The lowest BCUT2D eigenvalue weighted by Gasteiger charge is -2.30. The second-order valence-corrected chi connectivity index (χ2v) is 7.66. The number of anilines is 3. The number of benzene rings is 1. The van der Waals surface area contributed by atoms with Gasteiger partial charge in [0.2, 0.25) is 0 Å². The minimum atomic E-state index is -0.351. The number of rotatable bonds is 7. The molecule has 166 valence electrons. The van der Waals surface area contributed by atoms with Gasteiger partial charge in [-0.1, -0.05) is 0 Å². The van der Waals surface area contributed by atoms with Gasteiger partial charge < -0.3 is 29.5 Å². The second-order valence-electron chi connectivity index (χ2n) is 7.66. The van der Waals surface area contributed by atoms with Gasteiger partial charge in [0.1, 0.15) is 11.3 Å². The van der Waals surface area contributed by atoms with Gasteiger partial charge in [0, 0.05) is 31.9 Å². The molecule has 1 fully saturated rings. The van der Waals surface area contributed by atoms with Crippen LogP contribution in [0.2, 0.25) is 0 Å². The Morgan fingerprint density at radius 2 is 2.06 bits per heavy atom. The molecule has 1 aliphatic heterocycles. The van der Waals surface area contributed by atoms with E-state index in [1.807, 2.05) is 6.07 Å². The first-order chi connectivity index (χ1) is 15.7. The summed E-state index contributed by atoms with van der Waals surface area (Å²) in [4.78, 5) is 19.7. The summed E-state index contributed by atoms with van der Waals surface area (Å²) in [6.45, 7) is 2.14. The summed E-state index contributed by atoms with van der Waals surface area (Å²) in [5.74, 6) is 0.412. The van der Waals surface area contributed by atoms with E-state index in [9.17, 15) is 4.79 Å². The molecule has 4 aromatic rings. The first-order valence-corrected chi connectivity index (χ1v) is 10.7. The number of hydrogen-bond acceptors (Lipinski definition) is 8. The molecule has 3 aromatic heterocycles. The summed E-state index contributed by atoms with van der Waals surface area (Å²) in [5, 5.41) is 21.6. The second kappa shape index (κ2) is 8.75. The Morgan fingerprint density at radius 1 is 1.19 bits per heavy atom. The molecule has 1 saturated heterocycles. The molecule has 4 heterocycles. The number of H-pyrrole nitrogens is 1. The van der Waals surface area contributed by atoms with Crippen LogP contribution in [0.25, 0.3) is 22.4 Å². The number of furan rings is 1. The minimum Gasteiger partial charge on any atom is -0.451 e. The quantitative estimate of drug-likeness (QED) is 0.346.